The van der Waals surface area contributed by atoms with Crippen LogP contribution in [0.4, 0.5) is 0 Å². The first-order valence-electron chi connectivity index (χ1n) is 8.78. The van der Waals surface area contributed by atoms with Crippen LogP contribution in [0.3, 0.4) is 0 Å². The van der Waals surface area contributed by atoms with Crippen molar-refractivity contribution in [1.82, 2.24) is 15.5 Å². The van der Waals surface area contributed by atoms with E-state index in [2.05, 4.69) is 60.4 Å². The van der Waals surface area contributed by atoms with E-state index in [9.17, 15) is 0 Å². The Labute approximate surface area is 169 Å². The van der Waals surface area contributed by atoms with E-state index in [1.165, 1.54) is 11.1 Å². The number of halogens is 1. The highest BCUT2D eigenvalue weighted by Crippen LogP contribution is 2.19. The molecule has 2 N–H and O–H groups in total. The number of benzene rings is 1. The van der Waals surface area contributed by atoms with E-state index in [-0.39, 0.29) is 24.0 Å². The predicted octanol–water partition coefficient (Wildman–Crippen LogP) is 3.02. The lowest BCUT2D eigenvalue weighted by Crippen LogP contribution is -2.46. The molecule has 25 heavy (non-hydrogen) atoms. The molecule has 0 aliphatic carbocycles. The topological polar surface area (TPSA) is 48.9 Å². The molecule has 1 heterocycles. The molecule has 0 radical (unpaired) electrons. The number of rotatable bonds is 5. The van der Waals surface area contributed by atoms with E-state index in [0.717, 1.165) is 31.3 Å². The van der Waals surface area contributed by atoms with Crippen LogP contribution in [-0.4, -0.2) is 50.2 Å². The van der Waals surface area contributed by atoms with Crippen molar-refractivity contribution in [1.29, 1.82) is 0 Å². The van der Waals surface area contributed by atoms with Crippen LogP contribution in [-0.2, 0) is 6.54 Å². The standard InChI is InChI=1S/C19H32N4O.HI/c1-13(2)23-11-15(4)18(12-23)22-19(20-5)21-10-16-7-14(3)8-17(9-16)24-6;/h7-9,13,15,18H,10-12H2,1-6H3,(H2,20,21,22);1H. The number of hydrogen-bond donors (Lipinski definition) is 2. The number of nitrogens with zero attached hydrogens (tertiary/aromatic N) is 2. The van der Waals surface area contributed by atoms with Crippen LogP contribution in [0.1, 0.15) is 31.9 Å². The number of hydrogen-bond acceptors (Lipinski definition) is 3. The Hall–Kier alpha value is -1.02. The van der Waals surface area contributed by atoms with Crippen molar-refractivity contribution in [3.8, 4) is 5.75 Å². The minimum Gasteiger partial charge on any atom is -0.497 e. The molecular weight excluding hydrogens is 427 g/mol. The first kappa shape index (κ1) is 22.0. The smallest absolute Gasteiger partial charge is 0.191 e. The Morgan fingerprint density at radius 3 is 2.60 bits per heavy atom. The van der Waals surface area contributed by atoms with E-state index >= 15 is 0 Å². The Morgan fingerprint density at radius 1 is 1.32 bits per heavy atom. The van der Waals surface area contributed by atoms with E-state index < -0.39 is 0 Å². The van der Waals surface area contributed by atoms with Gasteiger partial charge in [-0.25, -0.2) is 0 Å². The fourth-order valence-electron chi connectivity index (χ4n) is 3.21. The van der Waals surface area contributed by atoms with Crippen LogP contribution in [0.25, 0.3) is 0 Å². The van der Waals surface area contributed by atoms with Crippen molar-refractivity contribution in [3.05, 3.63) is 29.3 Å². The van der Waals surface area contributed by atoms with Gasteiger partial charge in [0, 0.05) is 38.8 Å². The van der Waals surface area contributed by atoms with Gasteiger partial charge in [-0.05, 0) is 49.9 Å². The Bertz CT molecular complexity index is 577. The molecular formula is C19H33IN4O. The zero-order valence-electron chi connectivity index (χ0n) is 16.3. The molecule has 0 saturated carbocycles. The molecule has 5 nitrogen and oxygen atoms in total. The molecule has 1 fully saturated rings. The maximum Gasteiger partial charge on any atom is 0.191 e. The third-order valence-electron chi connectivity index (χ3n) is 4.72. The van der Waals surface area contributed by atoms with Crippen LogP contribution < -0.4 is 15.4 Å². The summed E-state index contributed by atoms with van der Waals surface area (Å²) in [5.74, 6) is 2.37. The monoisotopic (exact) mass is 460 g/mol. The third-order valence-corrected chi connectivity index (χ3v) is 4.72. The summed E-state index contributed by atoms with van der Waals surface area (Å²) in [7, 11) is 3.53. The number of likely N-dealkylation sites (tertiary alicyclic amines) is 1. The number of ether oxygens (including phenoxy) is 1. The molecule has 1 saturated heterocycles. The second kappa shape index (κ2) is 10.2. The van der Waals surface area contributed by atoms with Crippen LogP contribution in [0.2, 0.25) is 0 Å². The summed E-state index contributed by atoms with van der Waals surface area (Å²) >= 11 is 0. The van der Waals surface area contributed by atoms with Crippen LogP contribution in [0, 0.1) is 12.8 Å². The number of nitrogens with one attached hydrogen (secondary N) is 2. The van der Waals surface area contributed by atoms with E-state index in [4.69, 9.17) is 4.74 Å². The van der Waals surface area contributed by atoms with E-state index in [0.29, 0.717) is 18.0 Å². The minimum atomic E-state index is 0. The highest BCUT2D eigenvalue weighted by molar-refractivity contribution is 14.0. The summed E-state index contributed by atoms with van der Waals surface area (Å²) in [6.07, 6.45) is 0. The van der Waals surface area contributed by atoms with Crippen LogP contribution >= 0.6 is 24.0 Å². The minimum absolute atomic E-state index is 0. The van der Waals surface area contributed by atoms with Gasteiger partial charge >= 0.3 is 0 Å². The van der Waals surface area contributed by atoms with Gasteiger partial charge in [0.1, 0.15) is 5.75 Å². The van der Waals surface area contributed by atoms with E-state index in [1.54, 1.807) is 7.11 Å². The normalized spacial score (nSPS) is 21.2. The summed E-state index contributed by atoms with van der Waals surface area (Å²) < 4.78 is 5.35. The van der Waals surface area contributed by atoms with E-state index in [1.807, 2.05) is 13.1 Å². The van der Waals surface area contributed by atoms with Crippen LogP contribution in [0.15, 0.2) is 23.2 Å². The van der Waals surface area contributed by atoms with Gasteiger partial charge in [0.25, 0.3) is 0 Å². The number of guanidine groups is 1. The number of methoxy groups -OCH3 is 1. The van der Waals surface area contributed by atoms with Gasteiger partial charge in [0.05, 0.1) is 7.11 Å². The largest absolute Gasteiger partial charge is 0.497 e. The summed E-state index contributed by atoms with van der Waals surface area (Å²) in [5.41, 5.74) is 2.39. The van der Waals surface area contributed by atoms with Gasteiger partial charge < -0.3 is 15.4 Å². The molecule has 1 aliphatic rings. The maximum atomic E-state index is 5.35. The summed E-state index contributed by atoms with van der Waals surface area (Å²) in [5, 5.41) is 7.00. The Kier molecular flexibility index (Phi) is 8.99. The lowest BCUT2D eigenvalue weighted by molar-refractivity contribution is 0.265. The summed E-state index contributed by atoms with van der Waals surface area (Å²) in [6.45, 7) is 11.8. The molecule has 2 rings (SSSR count). The molecule has 1 aromatic rings. The van der Waals surface area contributed by atoms with Crippen molar-refractivity contribution in [3.63, 3.8) is 0 Å². The molecule has 1 aromatic carbocycles. The average molecular weight is 460 g/mol. The lowest BCUT2D eigenvalue weighted by atomic mass is 10.1. The highest BCUT2D eigenvalue weighted by atomic mass is 127. The van der Waals surface area contributed by atoms with Crippen LogP contribution in [0.5, 0.6) is 5.75 Å². The summed E-state index contributed by atoms with van der Waals surface area (Å²) in [6, 6.07) is 7.30. The van der Waals surface area contributed by atoms with Gasteiger partial charge in [-0.3, -0.25) is 9.89 Å². The summed E-state index contributed by atoms with van der Waals surface area (Å²) in [4.78, 5) is 6.90. The highest BCUT2D eigenvalue weighted by Gasteiger charge is 2.31. The molecule has 0 amide bonds. The quantitative estimate of drug-likeness (QED) is 0.403. The number of aliphatic imine (C=N–C) groups is 1. The van der Waals surface area contributed by atoms with Crippen molar-refractivity contribution in [2.75, 3.05) is 27.2 Å². The van der Waals surface area contributed by atoms with Gasteiger partial charge in [-0.2, -0.15) is 0 Å². The first-order valence-corrected chi connectivity index (χ1v) is 8.78. The maximum absolute atomic E-state index is 5.35. The van der Waals surface area contributed by atoms with Crippen molar-refractivity contribution < 1.29 is 4.74 Å². The zero-order chi connectivity index (χ0) is 17.7. The molecule has 2 atom stereocenters. The van der Waals surface area contributed by atoms with Gasteiger partial charge in [0.15, 0.2) is 5.96 Å². The molecule has 6 heteroatoms. The molecule has 0 aromatic heterocycles. The predicted molar refractivity (Wildman–Crippen MR) is 116 cm³/mol. The van der Waals surface area contributed by atoms with Crippen molar-refractivity contribution in [2.45, 2.75) is 46.3 Å². The zero-order valence-corrected chi connectivity index (χ0v) is 18.6. The fraction of sp³-hybridized carbons (Fsp3) is 0.632. The SMILES string of the molecule is CN=C(NCc1cc(C)cc(OC)c1)NC1CN(C(C)C)CC1C.I. The van der Waals surface area contributed by atoms with Gasteiger partial charge in [-0.1, -0.05) is 13.0 Å². The lowest BCUT2D eigenvalue weighted by Gasteiger charge is -2.22. The molecule has 1 aliphatic heterocycles. The second-order valence-electron chi connectivity index (χ2n) is 7.06. The molecule has 142 valence electrons. The second-order valence-corrected chi connectivity index (χ2v) is 7.06. The van der Waals surface area contributed by atoms with Gasteiger partial charge in [0.2, 0.25) is 0 Å². The average Bonchev–Trinajstić information content (AvgIpc) is 2.92. The molecule has 0 bridgehead atoms. The third kappa shape index (κ3) is 6.33. The first-order chi connectivity index (χ1) is 11.4. The van der Waals surface area contributed by atoms with Crippen molar-refractivity contribution in [2.24, 2.45) is 10.9 Å². The van der Waals surface area contributed by atoms with Crippen molar-refractivity contribution >= 4 is 29.9 Å². The molecule has 0 spiro atoms. The fourth-order valence-corrected chi connectivity index (χ4v) is 3.21. The Morgan fingerprint density at radius 2 is 2.04 bits per heavy atom. The Balaban J connectivity index is 0.00000312. The van der Waals surface area contributed by atoms with Gasteiger partial charge in [-0.15, -0.1) is 24.0 Å². The number of aryl methyl sites for hydroxylation is 1. The molecule has 2 unspecified atom stereocenters.